The zero-order chi connectivity index (χ0) is 18.3. The van der Waals surface area contributed by atoms with E-state index in [1.54, 1.807) is 18.2 Å². The fourth-order valence-electron chi connectivity index (χ4n) is 2.55. The monoisotopic (exact) mass is 369 g/mol. The van der Waals surface area contributed by atoms with Gasteiger partial charge in [0.25, 0.3) is 10.0 Å². The first-order chi connectivity index (χ1) is 11.9. The van der Waals surface area contributed by atoms with Crippen molar-refractivity contribution in [1.29, 1.82) is 0 Å². The lowest BCUT2D eigenvalue weighted by molar-refractivity contribution is 0.162. The average Bonchev–Trinajstić information content (AvgIpc) is 2.61. The lowest BCUT2D eigenvalue weighted by Crippen LogP contribution is -2.55. The first-order valence-electron chi connectivity index (χ1n) is 8.29. The van der Waals surface area contributed by atoms with E-state index in [-0.39, 0.29) is 22.0 Å². The Balaban J connectivity index is 2.04. The molecule has 2 rings (SSSR count). The second-order valence-electron chi connectivity index (χ2n) is 5.77. The number of para-hydroxylation sites is 1. The normalized spacial score (nSPS) is 15.2. The molecule has 138 valence electrons. The minimum atomic E-state index is -4.03. The maximum absolute atomic E-state index is 12.2. The van der Waals surface area contributed by atoms with Crippen molar-refractivity contribution >= 4 is 22.1 Å². The lowest BCUT2D eigenvalue weighted by Gasteiger charge is -2.26. The zero-order valence-electron chi connectivity index (χ0n) is 14.1. The van der Waals surface area contributed by atoms with Gasteiger partial charge >= 0.3 is 12.1 Å². The number of hydrogen-bond acceptors (Lipinski definition) is 5. The van der Waals surface area contributed by atoms with Gasteiger partial charge < -0.3 is 10.1 Å². The number of urea groups is 1. The van der Waals surface area contributed by atoms with Crippen LogP contribution in [0.2, 0.25) is 0 Å². The van der Waals surface area contributed by atoms with Gasteiger partial charge in [0.15, 0.2) is 0 Å². The van der Waals surface area contributed by atoms with Crippen LogP contribution in [0.3, 0.4) is 0 Å². The van der Waals surface area contributed by atoms with Crippen LogP contribution in [0.5, 0.6) is 5.75 Å². The highest BCUT2D eigenvalue weighted by Crippen LogP contribution is 2.17. The molecular formula is C16H23N3O5S. The van der Waals surface area contributed by atoms with E-state index in [4.69, 9.17) is 4.74 Å². The number of amides is 3. The maximum Gasteiger partial charge on any atom is 0.448 e. The Morgan fingerprint density at radius 3 is 2.40 bits per heavy atom. The van der Waals surface area contributed by atoms with Crippen LogP contribution in [0.25, 0.3) is 0 Å². The predicted octanol–water partition coefficient (Wildman–Crippen LogP) is 2.38. The second kappa shape index (κ2) is 8.70. The van der Waals surface area contributed by atoms with E-state index in [1.165, 1.54) is 19.1 Å². The van der Waals surface area contributed by atoms with Crippen LogP contribution in [0.1, 0.15) is 39.0 Å². The largest absolute Gasteiger partial charge is 0.448 e. The quantitative estimate of drug-likeness (QED) is 0.793. The number of hydrogen-bond donors (Lipinski definition) is 2. The van der Waals surface area contributed by atoms with Crippen LogP contribution in [0.15, 0.2) is 30.3 Å². The summed E-state index contributed by atoms with van der Waals surface area (Å²) in [5.41, 5.74) is 2.10. The molecule has 3 amide bonds. The van der Waals surface area contributed by atoms with Crippen molar-refractivity contribution in [2.75, 3.05) is 5.75 Å². The molecule has 1 fully saturated rings. The van der Waals surface area contributed by atoms with E-state index in [1.807, 2.05) is 0 Å². The first-order valence-corrected chi connectivity index (χ1v) is 9.90. The van der Waals surface area contributed by atoms with Gasteiger partial charge in [-0.25, -0.2) is 23.4 Å². The zero-order valence-corrected chi connectivity index (χ0v) is 14.9. The fraction of sp³-hybridized carbons (Fsp3) is 0.500. The number of ether oxygens (including phenoxy) is 1. The van der Waals surface area contributed by atoms with Gasteiger partial charge in [-0.3, -0.25) is 0 Å². The Kier molecular flexibility index (Phi) is 6.63. The number of rotatable bonds is 4. The third-order valence-electron chi connectivity index (χ3n) is 3.90. The molecule has 25 heavy (non-hydrogen) atoms. The van der Waals surface area contributed by atoms with Crippen molar-refractivity contribution in [3.05, 3.63) is 30.3 Å². The third-order valence-corrected chi connectivity index (χ3v) is 5.43. The highest BCUT2D eigenvalue weighted by molar-refractivity contribution is 7.89. The molecule has 0 aliphatic heterocycles. The van der Waals surface area contributed by atoms with Gasteiger partial charge in [0, 0.05) is 6.04 Å². The molecule has 2 N–H and O–H groups in total. The first kappa shape index (κ1) is 19.0. The molecule has 1 aromatic carbocycles. The Hall–Kier alpha value is -2.29. The second-order valence-corrected chi connectivity index (χ2v) is 7.87. The molecule has 1 aliphatic rings. The van der Waals surface area contributed by atoms with E-state index >= 15 is 0 Å². The number of carbonyl (C=O) groups is 2. The standard InChI is InChI=1S/C16H23N3O5S/c1-2-25(22,23)19(16(21)24-14-11-7-4-8-12-14)18-15(20)17-13-9-5-3-6-10-13/h4,7-8,11-13H,2-3,5-6,9-10H2,1H3,(H2,17,18,20). The van der Waals surface area contributed by atoms with E-state index in [0.29, 0.717) is 0 Å². The van der Waals surface area contributed by atoms with Gasteiger partial charge in [-0.05, 0) is 31.9 Å². The Morgan fingerprint density at radius 2 is 1.80 bits per heavy atom. The van der Waals surface area contributed by atoms with Crippen LogP contribution >= 0.6 is 0 Å². The van der Waals surface area contributed by atoms with Crippen LogP contribution in [0.4, 0.5) is 9.59 Å². The molecular weight excluding hydrogens is 346 g/mol. The van der Waals surface area contributed by atoms with Gasteiger partial charge in [0.05, 0.1) is 5.75 Å². The summed E-state index contributed by atoms with van der Waals surface area (Å²) in [6.45, 7) is 1.37. The number of carbonyl (C=O) groups excluding carboxylic acids is 2. The number of hydrazine groups is 1. The topological polar surface area (TPSA) is 105 Å². The Labute approximate surface area is 147 Å². The maximum atomic E-state index is 12.2. The van der Waals surface area contributed by atoms with Gasteiger partial charge in [-0.2, -0.15) is 0 Å². The van der Waals surface area contributed by atoms with Crippen molar-refractivity contribution in [3.63, 3.8) is 0 Å². The van der Waals surface area contributed by atoms with Crippen molar-refractivity contribution < 1.29 is 22.7 Å². The number of benzene rings is 1. The summed E-state index contributed by atoms with van der Waals surface area (Å²) in [5.74, 6) is -0.182. The summed E-state index contributed by atoms with van der Waals surface area (Å²) in [6, 6.07) is 7.27. The molecule has 0 unspecified atom stereocenters. The Morgan fingerprint density at radius 1 is 1.16 bits per heavy atom. The fourth-order valence-corrected chi connectivity index (χ4v) is 3.29. The minimum Gasteiger partial charge on any atom is -0.408 e. The third kappa shape index (κ3) is 5.63. The molecule has 9 heteroatoms. The minimum absolute atomic E-state index is 0.0231. The van der Waals surface area contributed by atoms with Crippen LogP contribution in [0, 0.1) is 0 Å². The molecule has 8 nitrogen and oxygen atoms in total. The summed E-state index contributed by atoms with van der Waals surface area (Å²) >= 11 is 0. The number of nitrogens with one attached hydrogen (secondary N) is 2. The molecule has 0 bridgehead atoms. The average molecular weight is 369 g/mol. The SMILES string of the molecule is CCS(=O)(=O)N(NC(=O)NC1CCCCC1)C(=O)Oc1ccccc1. The van der Waals surface area contributed by atoms with E-state index < -0.39 is 22.1 Å². The molecule has 1 saturated carbocycles. The van der Waals surface area contributed by atoms with Crippen molar-refractivity contribution in [3.8, 4) is 5.75 Å². The molecule has 0 radical (unpaired) electrons. The molecule has 0 atom stereocenters. The van der Waals surface area contributed by atoms with Gasteiger partial charge in [-0.15, -0.1) is 4.41 Å². The van der Waals surface area contributed by atoms with Crippen molar-refractivity contribution in [1.82, 2.24) is 15.2 Å². The summed E-state index contributed by atoms with van der Waals surface area (Å²) < 4.78 is 29.6. The van der Waals surface area contributed by atoms with E-state index in [2.05, 4.69) is 10.7 Å². The summed E-state index contributed by atoms with van der Waals surface area (Å²) in [7, 11) is -4.03. The van der Waals surface area contributed by atoms with Crippen molar-refractivity contribution in [2.45, 2.75) is 45.1 Å². The van der Waals surface area contributed by atoms with E-state index in [0.717, 1.165) is 32.1 Å². The predicted molar refractivity (Wildman–Crippen MR) is 92.3 cm³/mol. The molecule has 1 aliphatic carbocycles. The molecule has 0 saturated heterocycles. The Bertz CT molecular complexity index is 687. The van der Waals surface area contributed by atoms with Crippen LogP contribution in [-0.2, 0) is 10.0 Å². The number of nitrogens with zero attached hydrogens (tertiary/aromatic N) is 1. The molecule has 0 aromatic heterocycles. The highest BCUT2D eigenvalue weighted by atomic mass is 32.2. The van der Waals surface area contributed by atoms with Gasteiger partial charge in [0.1, 0.15) is 5.75 Å². The van der Waals surface area contributed by atoms with Gasteiger partial charge in [0.2, 0.25) is 0 Å². The highest BCUT2D eigenvalue weighted by Gasteiger charge is 2.30. The molecule has 1 aromatic rings. The summed E-state index contributed by atoms with van der Waals surface area (Å²) in [4.78, 5) is 24.3. The lowest BCUT2D eigenvalue weighted by atomic mass is 9.96. The van der Waals surface area contributed by atoms with Crippen molar-refractivity contribution in [2.24, 2.45) is 0 Å². The van der Waals surface area contributed by atoms with E-state index in [9.17, 15) is 18.0 Å². The summed E-state index contributed by atoms with van der Waals surface area (Å²) in [6.07, 6.45) is 3.63. The molecule has 0 heterocycles. The molecule has 0 spiro atoms. The van der Waals surface area contributed by atoms with Crippen LogP contribution < -0.4 is 15.5 Å². The van der Waals surface area contributed by atoms with Crippen LogP contribution in [-0.4, -0.2) is 36.8 Å². The summed E-state index contributed by atoms with van der Waals surface area (Å²) in [5, 5.41) is 2.70. The smallest absolute Gasteiger partial charge is 0.408 e. The number of sulfonamides is 1. The van der Waals surface area contributed by atoms with Gasteiger partial charge in [-0.1, -0.05) is 37.5 Å².